The number of aliphatic hydroxyl groups is 8. The molecule has 19 heteroatoms. The van der Waals surface area contributed by atoms with E-state index in [1.165, 1.54) is 135 Å². The molecule has 20 rings (SSSR count). The van der Waals surface area contributed by atoms with Gasteiger partial charge in [-0.2, -0.15) is 0 Å². The topological polar surface area (TPSA) is 348 Å². The molecule has 0 spiro atoms. The zero-order valence-electron chi connectivity index (χ0n) is 89.1. The third-order valence-corrected chi connectivity index (χ3v) is 51.3. The molecule has 19 fully saturated rings. The van der Waals surface area contributed by atoms with E-state index < -0.39 is 36.0 Å². The van der Waals surface area contributed by atoms with Crippen molar-refractivity contribution < 1.29 is 90.4 Å². The van der Waals surface area contributed by atoms with Gasteiger partial charge in [0, 0.05) is 32.1 Å². The van der Waals surface area contributed by atoms with Gasteiger partial charge in [-0.25, -0.2) is 0 Å². The highest BCUT2D eigenvalue weighted by molar-refractivity contribution is 6.22. The van der Waals surface area contributed by atoms with E-state index >= 15 is 0 Å². The Kier molecular flexibility index (Phi) is 33.0. The van der Waals surface area contributed by atoms with Gasteiger partial charge in [-0.1, -0.05) is 128 Å². The summed E-state index contributed by atoms with van der Waals surface area (Å²) < 4.78 is 0. The lowest BCUT2D eigenvalue weighted by Gasteiger charge is -2.63. The van der Waals surface area contributed by atoms with E-state index in [2.05, 4.69) is 110 Å². The Labute approximate surface area is 843 Å². The molecule has 139 heavy (non-hydrogen) atoms. The lowest BCUT2D eigenvalue weighted by Crippen LogP contribution is -2.62. The number of carboxylic acid groups (broad SMARTS) is 5. The third kappa shape index (κ3) is 19.7. The van der Waals surface area contributed by atoms with Crippen LogP contribution in [-0.2, 0) is 24.0 Å². The zero-order valence-corrected chi connectivity index (χ0v) is 89.9. The normalized spacial score (nSPS) is 50.8. The molecule has 0 bridgehead atoms. The summed E-state index contributed by atoms with van der Waals surface area (Å²) in [5, 5.41) is 132. The number of halogens is 1. The second kappa shape index (κ2) is 42.1. The first-order chi connectivity index (χ1) is 65.5. The summed E-state index contributed by atoms with van der Waals surface area (Å²) in [6, 6.07) is 0. The van der Waals surface area contributed by atoms with Gasteiger partial charge in [-0.3, -0.25) is 24.0 Å². The van der Waals surface area contributed by atoms with Crippen LogP contribution in [-0.4, -0.2) is 150 Å². The van der Waals surface area contributed by atoms with Gasteiger partial charge in [-0.05, 0) is 502 Å². The Morgan fingerprint density at radius 3 is 1.19 bits per heavy atom. The summed E-state index contributed by atoms with van der Waals surface area (Å²) in [7, 11) is 0. The Bertz CT molecular complexity index is 4270. The molecule has 0 aliphatic heterocycles. The van der Waals surface area contributed by atoms with Crippen molar-refractivity contribution >= 4 is 41.4 Å². The van der Waals surface area contributed by atoms with Crippen LogP contribution in [0.25, 0.3) is 0 Å². The number of hydrogen-bond acceptors (Lipinski definition) is 13. The first kappa shape index (κ1) is 109. The van der Waals surface area contributed by atoms with Gasteiger partial charge < -0.3 is 66.4 Å². The summed E-state index contributed by atoms with van der Waals surface area (Å²) >= 11 is 7.16. The summed E-state index contributed by atoms with van der Waals surface area (Å²) in [6.07, 6.45) is 51.3. The highest BCUT2D eigenvalue weighted by atomic mass is 35.5. The lowest BCUT2D eigenvalue weighted by atomic mass is 9.43. The Hall–Kier alpha value is -2.94. The molecule has 0 aromatic heterocycles. The minimum atomic E-state index is -0.748. The first-order valence-corrected chi connectivity index (χ1v) is 58.8. The maximum atomic E-state index is 11.5. The Balaban J connectivity index is 0.000000125. The predicted molar refractivity (Wildman–Crippen MR) is 545 cm³/mol. The number of aliphatic hydroxyl groups excluding tert-OH is 8. The second-order valence-electron chi connectivity index (χ2n) is 55.9. The van der Waals surface area contributed by atoms with Crippen molar-refractivity contribution in [1.29, 1.82) is 0 Å². The smallest absolute Gasteiger partial charge is 0.303 e. The molecule has 0 radical (unpaired) electrons. The molecule has 20 aliphatic carbocycles. The highest BCUT2D eigenvalue weighted by Gasteiger charge is 2.71. The maximum absolute atomic E-state index is 11.5. The second-order valence-corrected chi connectivity index (χ2v) is 56.4. The summed E-state index contributed by atoms with van der Waals surface area (Å²) in [5.74, 6) is 12.8. The maximum Gasteiger partial charge on any atom is 0.303 e. The van der Waals surface area contributed by atoms with Crippen molar-refractivity contribution in [2.75, 3.05) is 0 Å². The molecule has 19 saturated carbocycles. The molecule has 0 amide bonds. The van der Waals surface area contributed by atoms with Crippen LogP contribution in [0.3, 0.4) is 0 Å². The van der Waals surface area contributed by atoms with Crippen LogP contribution in [0.4, 0.5) is 0 Å². The number of rotatable bonds is 20. The van der Waals surface area contributed by atoms with Crippen LogP contribution < -0.4 is 0 Å². The average molecular weight is 1960 g/mol. The van der Waals surface area contributed by atoms with Gasteiger partial charge >= 0.3 is 29.8 Å². The molecule has 792 valence electrons. The quantitative estimate of drug-likeness (QED) is 0.0398. The number of carboxylic acids is 5. The summed E-state index contributed by atoms with van der Waals surface area (Å²) in [5.41, 5.74) is 3.56. The largest absolute Gasteiger partial charge is 0.481 e. The Morgan fingerprint density at radius 1 is 0.295 bits per heavy atom. The van der Waals surface area contributed by atoms with E-state index in [-0.39, 0.29) is 129 Å². The van der Waals surface area contributed by atoms with Gasteiger partial charge in [0.05, 0.1) is 54.2 Å². The SMILES string of the molecule is CC(CCC(=O)O)C1CC[C@H]2C3CCC4CCCC[C@]4(C)[C@H]3CC[C@]12C.CC(CCC(=O)O)C1CC[C@H]2C3CCC4C[C@H](O)CC[C@]4(C)C3=C[C@H](Cl)[C@]12C.CC(CCC(=O)O)C1CC[C@H]2C3CCC4C[C@H](O)CC[C@]4(C)[C@H]3C[C@H](O)[C@]12C.CC(CCC(=O)O)C1CC[C@H]2C3C[C@H](O)C4C[C@H](O)CC[C@]4(C)[C@H]3CC[C@]12C.CC(CCC(=O)O)C1CC[C@H]2C3[C@H](O)CC4C[C@H](O)CC[C@]4(C)[C@H]3C[C@H](O)[C@]12C. The van der Waals surface area contributed by atoms with Gasteiger partial charge in [0.25, 0.3) is 0 Å². The molecule has 48 atom stereocenters. The summed E-state index contributed by atoms with van der Waals surface area (Å²) in [6.45, 7) is 35.6. The standard InChI is InChI=1S/C24H37ClO3.C24H40O5.2C24H40O4.C24H40O2/c1-14(4-9-22(27)28)18-7-8-19-17-6-5-15-12-16(26)10-11-23(15,2)20(17)13-21(25)24(18,19)3;1-13(4-7-21(28)29)16-5-6-17-22-18(12-20(27)24(16,17)3)23(2)9-8-15(25)10-14(23)11-19(22)26;1-14(4-9-22(27)28)18-7-8-19-17-6-5-15-12-16(25)10-11-23(15,2)20(17)13-21(26)24(18,19)3;1-14(4-7-22(27)28)17-5-6-18-16-13-21(26)20-12-15(25)8-10-24(20,3)19(16)9-11-23(17,18)2;1-16(7-12-22(25)26)19-10-11-20-18-9-8-17-6-4-5-14-23(17,2)21(18)13-15-24(19,20)3/h13-19,21,26H,4-12H2,1-3H3,(H,27,28);13-20,22,25-27H,4-12H2,1-3H3,(H,28,29);2*14-21,25-26H,4-13H2,1-3H3,(H,27,28);16-21H,4-15H2,1-3H3,(H,25,26)/t14?,15?,16-,17?,18?,19+,21+,23+,24-;13?,14?,15-,16?,17+,18+,19-,20+,22?,23+,24-;14?,15?,16-,17?,18?,19+,20+,21+,23+,24-;14?,15-,16?,17?,18+,19+,20?,21+,23-,24-;16?,17?,18?,19?,20-,21-,23-,24+/m11110/s1. The van der Waals surface area contributed by atoms with E-state index in [9.17, 15) is 64.8 Å². The van der Waals surface area contributed by atoms with Crippen molar-refractivity contribution in [3.63, 3.8) is 0 Å². The number of hydrogen-bond donors (Lipinski definition) is 13. The monoisotopic (exact) mass is 1960 g/mol. The van der Waals surface area contributed by atoms with Gasteiger partial charge in [0.15, 0.2) is 0 Å². The minimum absolute atomic E-state index is 0.0333. The number of allylic oxidation sites excluding steroid dienone is 2. The fourth-order valence-electron chi connectivity index (χ4n) is 43.0. The number of alkyl halides is 1. The van der Waals surface area contributed by atoms with E-state index in [0.29, 0.717) is 153 Å². The molecule has 18 nitrogen and oxygen atoms in total. The fourth-order valence-corrected chi connectivity index (χ4v) is 43.5. The van der Waals surface area contributed by atoms with E-state index in [1.54, 1.807) is 5.57 Å². The third-order valence-electron chi connectivity index (χ3n) is 50.7. The van der Waals surface area contributed by atoms with Crippen molar-refractivity contribution in [3.05, 3.63) is 11.6 Å². The lowest BCUT2D eigenvalue weighted by molar-refractivity contribution is -0.207. The minimum Gasteiger partial charge on any atom is -0.481 e. The van der Waals surface area contributed by atoms with E-state index in [1.807, 2.05) is 0 Å². The molecular weight excluding hydrogens is 1760 g/mol. The van der Waals surface area contributed by atoms with E-state index in [0.717, 1.165) is 177 Å². The van der Waals surface area contributed by atoms with Crippen molar-refractivity contribution in [2.24, 2.45) is 226 Å². The molecule has 20 aliphatic rings. The van der Waals surface area contributed by atoms with Crippen LogP contribution in [0.5, 0.6) is 0 Å². The average Bonchev–Trinajstić information content (AvgIpc) is 1.67. The van der Waals surface area contributed by atoms with Crippen LogP contribution >= 0.6 is 11.6 Å². The summed E-state index contributed by atoms with van der Waals surface area (Å²) in [4.78, 5) is 55.3. The first-order valence-electron chi connectivity index (χ1n) is 58.4. The molecule has 0 aromatic rings. The molecule has 13 N–H and O–H groups in total. The van der Waals surface area contributed by atoms with Gasteiger partial charge in [-0.15, -0.1) is 11.6 Å². The van der Waals surface area contributed by atoms with Crippen molar-refractivity contribution in [2.45, 2.75) is 479 Å². The molecule has 20 unspecified atom stereocenters. The van der Waals surface area contributed by atoms with Crippen molar-refractivity contribution in [1.82, 2.24) is 0 Å². The Morgan fingerprint density at radius 2 is 0.669 bits per heavy atom. The van der Waals surface area contributed by atoms with Gasteiger partial charge in [0.2, 0.25) is 0 Å². The van der Waals surface area contributed by atoms with Crippen LogP contribution in [0.1, 0.15) is 425 Å². The number of aliphatic carboxylic acids is 5. The number of fused-ring (bicyclic) bond motifs is 25. The number of carbonyl (C=O) groups is 5. The molecule has 0 saturated heterocycles. The van der Waals surface area contributed by atoms with E-state index in [4.69, 9.17) is 37.1 Å². The predicted octanol–water partition coefficient (Wildman–Crippen LogP) is 24.6. The fraction of sp³-hybridized carbons (Fsp3) is 0.942. The highest BCUT2D eigenvalue weighted by Crippen LogP contribution is 2.76. The molecule has 0 aromatic carbocycles. The van der Waals surface area contributed by atoms with Gasteiger partial charge in [0.1, 0.15) is 0 Å². The molecule has 0 heterocycles. The zero-order chi connectivity index (χ0) is 100. The van der Waals surface area contributed by atoms with Crippen LogP contribution in [0.15, 0.2) is 11.6 Å². The van der Waals surface area contributed by atoms with Crippen LogP contribution in [0, 0.1) is 226 Å². The molecular formula is C120H197ClO18. The van der Waals surface area contributed by atoms with Crippen molar-refractivity contribution in [3.8, 4) is 0 Å². The van der Waals surface area contributed by atoms with Crippen LogP contribution in [0.2, 0.25) is 0 Å².